The van der Waals surface area contributed by atoms with Gasteiger partial charge in [-0.3, -0.25) is 0 Å². The van der Waals surface area contributed by atoms with E-state index in [-0.39, 0.29) is 5.25 Å². The third-order valence-electron chi connectivity index (χ3n) is 4.72. The highest BCUT2D eigenvalue weighted by atomic mass is 32.2. The summed E-state index contributed by atoms with van der Waals surface area (Å²) in [6, 6.07) is 7.38. The number of benzene rings is 1. The molecule has 3 nitrogen and oxygen atoms in total. The van der Waals surface area contributed by atoms with E-state index in [9.17, 15) is 8.42 Å². The Morgan fingerprint density at radius 2 is 1.68 bits per heavy atom. The summed E-state index contributed by atoms with van der Waals surface area (Å²) in [5, 5.41) is -0.182. The molecular formula is C15H21NO2S. The van der Waals surface area contributed by atoms with Gasteiger partial charge < -0.3 is 5.73 Å². The van der Waals surface area contributed by atoms with Crippen molar-refractivity contribution in [3.63, 3.8) is 0 Å². The van der Waals surface area contributed by atoms with Crippen LogP contribution in [0.2, 0.25) is 0 Å². The Kier molecular flexibility index (Phi) is 3.18. The monoisotopic (exact) mass is 279 g/mol. The summed E-state index contributed by atoms with van der Waals surface area (Å²) in [7, 11) is -3.19. The predicted octanol–water partition coefficient (Wildman–Crippen LogP) is 2.74. The fraction of sp³-hybridized carbons (Fsp3) is 0.600. The molecule has 2 aliphatic rings. The molecule has 104 valence electrons. The Bertz CT molecular complexity index is 570. The molecule has 19 heavy (non-hydrogen) atoms. The first-order valence-corrected chi connectivity index (χ1v) is 8.71. The standard InChI is InChI=1S/C15H21NO2S/c16-15(10-3-4-11-15)13-8-1-2-9-14(13)19(17,18)12-6-5-7-12/h1-2,8-9,12H,3-7,10-11,16H2. The van der Waals surface area contributed by atoms with Gasteiger partial charge in [0.15, 0.2) is 9.84 Å². The van der Waals surface area contributed by atoms with Crippen molar-refractivity contribution >= 4 is 9.84 Å². The maximum atomic E-state index is 12.7. The van der Waals surface area contributed by atoms with Crippen molar-refractivity contribution in [1.82, 2.24) is 0 Å². The van der Waals surface area contributed by atoms with Crippen LogP contribution in [0.15, 0.2) is 29.2 Å². The van der Waals surface area contributed by atoms with Crippen LogP contribution in [-0.2, 0) is 15.4 Å². The number of hydrogen-bond donors (Lipinski definition) is 1. The molecule has 2 saturated carbocycles. The first-order valence-electron chi connectivity index (χ1n) is 7.16. The molecule has 0 heterocycles. The first kappa shape index (κ1) is 13.1. The van der Waals surface area contributed by atoms with E-state index in [1.54, 1.807) is 6.07 Å². The van der Waals surface area contributed by atoms with Crippen molar-refractivity contribution in [1.29, 1.82) is 0 Å². The Balaban J connectivity index is 2.07. The molecule has 1 aromatic carbocycles. The van der Waals surface area contributed by atoms with E-state index in [4.69, 9.17) is 5.73 Å². The van der Waals surface area contributed by atoms with Crippen LogP contribution in [0.1, 0.15) is 50.5 Å². The quantitative estimate of drug-likeness (QED) is 0.925. The van der Waals surface area contributed by atoms with Crippen molar-refractivity contribution in [2.24, 2.45) is 5.73 Å². The molecule has 0 amide bonds. The molecule has 0 saturated heterocycles. The second-order valence-electron chi connectivity index (χ2n) is 5.96. The summed E-state index contributed by atoms with van der Waals surface area (Å²) in [4.78, 5) is 0.490. The van der Waals surface area contributed by atoms with Crippen LogP contribution in [-0.4, -0.2) is 13.7 Å². The molecule has 2 aliphatic carbocycles. The molecule has 2 N–H and O–H groups in total. The molecule has 1 aromatic rings. The van der Waals surface area contributed by atoms with Crippen LogP contribution >= 0.6 is 0 Å². The summed E-state index contributed by atoms with van der Waals surface area (Å²) < 4.78 is 25.4. The maximum Gasteiger partial charge on any atom is 0.181 e. The van der Waals surface area contributed by atoms with Gasteiger partial charge >= 0.3 is 0 Å². The molecule has 0 bridgehead atoms. The lowest BCUT2D eigenvalue weighted by Gasteiger charge is -2.30. The van der Waals surface area contributed by atoms with Crippen LogP contribution < -0.4 is 5.73 Å². The molecule has 0 aliphatic heterocycles. The van der Waals surface area contributed by atoms with Crippen molar-refractivity contribution in [2.75, 3.05) is 0 Å². The van der Waals surface area contributed by atoms with Crippen molar-refractivity contribution < 1.29 is 8.42 Å². The summed E-state index contributed by atoms with van der Waals surface area (Å²) in [6.45, 7) is 0. The second kappa shape index (κ2) is 4.60. The SMILES string of the molecule is NC1(c2ccccc2S(=O)(=O)C2CCC2)CCCC1. The van der Waals surface area contributed by atoms with Gasteiger partial charge in [-0.25, -0.2) is 8.42 Å². The van der Waals surface area contributed by atoms with Gasteiger partial charge in [0.05, 0.1) is 10.1 Å². The van der Waals surface area contributed by atoms with E-state index in [0.717, 1.165) is 50.5 Å². The van der Waals surface area contributed by atoms with Gasteiger partial charge in [-0.05, 0) is 37.3 Å². The fourth-order valence-corrected chi connectivity index (χ4v) is 5.42. The van der Waals surface area contributed by atoms with E-state index >= 15 is 0 Å². The lowest BCUT2D eigenvalue weighted by molar-refractivity contribution is 0.444. The highest BCUT2D eigenvalue weighted by Gasteiger charge is 2.39. The van der Waals surface area contributed by atoms with E-state index in [1.807, 2.05) is 18.2 Å². The average molecular weight is 279 g/mol. The number of nitrogens with two attached hydrogens (primary N) is 1. The van der Waals surface area contributed by atoms with E-state index < -0.39 is 15.4 Å². The molecule has 2 fully saturated rings. The first-order chi connectivity index (χ1) is 9.04. The normalized spacial score (nSPS) is 23.2. The predicted molar refractivity (Wildman–Crippen MR) is 75.6 cm³/mol. The van der Waals surface area contributed by atoms with Gasteiger partial charge in [0.2, 0.25) is 0 Å². The highest BCUT2D eigenvalue weighted by molar-refractivity contribution is 7.92. The topological polar surface area (TPSA) is 60.2 Å². The zero-order chi connectivity index (χ0) is 13.5. The van der Waals surface area contributed by atoms with Crippen molar-refractivity contribution in [3.8, 4) is 0 Å². The van der Waals surface area contributed by atoms with Gasteiger partial charge in [0.25, 0.3) is 0 Å². The fourth-order valence-electron chi connectivity index (χ4n) is 3.26. The Morgan fingerprint density at radius 3 is 2.26 bits per heavy atom. The molecule has 0 aromatic heterocycles. The lowest BCUT2D eigenvalue weighted by Crippen LogP contribution is -2.37. The number of hydrogen-bond acceptors (Lipinski definition) is 3. The summed E-state index contributed by atoms with van der Waals surface area (Å²) in [6.07, 6.45) is 6.60. The Labute approximate surface area is 115 Å². The van der Waals surface area contributed by atoms with Crippen molar-refractivity contribution in [3.05, 3.63) is 29.8 Å². The third-order valence-corrected chi connectivity index (χ3v) is 7.03. The molecule has 4 heteroatoms. The molecular weight excluding hydrogens is 258 g/mol. The Hall–Kier alpha value is -0.870. The smallest absolute Gasteiger partial charge is 0.181 e. The van der Waals surface area contributed by atoms with Crippen LogP contribution in [0.3, 0.4) is 0 Å². The minimum Gasteiger partial charge on any atom is -0.321 e. The molecule has 0 unspecified atom stereocenters. The summed E-state index contributed by atoms with van der Waals surface area (Å²) in [5.41, 5.74) is 6.88. The van der Waals surface area contributed by atoms with Gasteiger partial charge in [-0.2, -0.15) is 0 Å². The second-order valence-corrected chi connectivity index (χ2v) is 8.15. The highest BCUT2D eigenvalue weighted by Crippen LogP contribution is 2.41. The van der Waals surface area contributed by atoms with Crippen LogP contribution in [0.5, 0.6) is 0 Å². The van der Waals surface area contributed by atoms with Gasteiger partial charge in [-0.15, -0.1) is 0 Å². The molecule has 0 spiro atoms. The van der Waals surface area contributed by atoms with Crippen LogP contribution in [0, 0.1) is 0 Å². The zero-order valence-corrected chi connectivity index (χ0v) is 12.0. The van der Waals surface area contributed by atoms with Gasteiger partial charge in [0.1, 0.15) is 0 Å². The minimum atomic E-state index is -3.19. The number of sulfone groups is 1. The van der Waals surface area contributed by atoms with Gasteiger partial charge in [0, 0.05) is 5.54 Å². The molecule has 0 atom stereocenters. The minimum absolute atomic E-state index is 0.182. The number of rotatable bonds is 3. The van der Waals surface area contributed by atoms with E-state index in [1.165, 1.54) is 0 Å². The van der Waals surface area contributed by atoms with E-state index in [2.05, 4.69) is 0 Å². The van der Waals surface area contributed by atoms with E-state index in [0.29, 0.717) is 4.90 Å². The van der Waals surface area contributed by atoms with Gasteiger partial charge in [-0.1, -0.05) is 37.5 Å². The molecule has 3 rings (SSSR count). The molecule has 0 radical (unpaired) electrons. The van der Waals surface area contributed by atoms with Crippen LogP contribution in [0.4, 0.5) is 0 Å². The maximum absolute atomic E-state index is 12.7. The Morgan fingerprint density at radius 1 is 1.05 bits per heavy atom. The largest absolute Gasteiger partial charge is 0.321 e. The van der Waals surface area contributed by atoms with Crippen LogP contribution in [0.25, 0.3) is 0 Å². The zero-order valence-electron chi connectivity index (χ0n) is 11.1. The lowest BCUT2D eigenvalue weighted by atomic mass is 9.89. The summed E-state index contributed by atoms with van der Waals surface area (Å²) in [5.74, 6) is 0. The van der Waals surface area contributed by atoms with Crippen molar-refractivity contribution in [2.45, 2.75) is 60.6 Å². The third kappa shape index (κ3) is 2.11. The average Bonchev–Trinajstić information content (AvgIpc) is 2.75. The summed E-state index contributed by atoms with van der Waals surface area (Å²) >= 11 is 0.